The van der Waals surface area contributed by atoms with Crippen molar-refractivity contribution >= 4 is 16.7 Å². The fourth-order valence-electron chi connectivity index (χ4n) is 2.87. The average Bonchev–Trinajstić information content (AvgIpc) is 2.96. The summed E-state index contributed by atoms with van der Waals surface area (Å²) < 4.78 is 5.66. The number of fused-ring (bicyclic) bond motifs is 3. The molecular weight excluding hydrogens is 240 g/mol. The van der Waals surface area contributed by atoms with Crippen molar-refractivity contribution in [3.05, 3.63) is 23.9 Å². The number of anilines is 1. The Morgan fingerprint density at radius 2 is 2.16 bits per heavy atom. The van der Waals surface area contributed by atoms with Gasteiger partial charge in [0.05, 0.1) is 6.61 Å². The van der Waals surface area contributed by atoms with Crippen molar-refractivity contribution in [3.8, 4) is 5.88 Å². The molecule has 0 radical (unpaired) electrons. The van der Waals surface area contributed by atoms with E-state index in [0.717, 1.165) is 56.4 Å². The Balaban J connectivity index is 1.92. The first-order valence-electron chi connectivity index (χ1n) is 6.79. The van der Waals surface area contributed by atoms with Crippen molar-refractivity contribution in [2.24, 2.45) is 0 Å². The van der Waals surface area contributed by atoms with E-state index >= 15 is 0 Å². The molecule has 2 aromatic heterocycles. The van der Waals surface area contributed by atoms with Crippen LogP contribution in [-0.2, 0) is 6.42 Å². The number of hydrogen-bond donors (Lipinski definition) is 1. The number of pyridine rings is 2. The molecule has 1 saturated heterocycles. The molecule has 5 nitrogen and oxygen atoms in total. The highest BCUT2D eigenvalue weighted by Gasteiger charge is 2.23. The van der Waals surface area contributed by atoms with Crippen LogP contribution in [0.3, 0.4) is 0 Å². The van der Waals surface area contributed by atoms with E-state index in [9.17, 15) is 0 Å². The van der Waals surface area contributed by atoms with Gasteiger partial charge in [0.2, 0.25) is 5.88 Å². The van der Waals surface area contributed by atoms with Crippen LogP contribution < -0.4 is 15.0 Å². The van der Waals surface area contributed by atoms with Gasteiger partial charge in [-0.2, -0.15) is 4.98 Å². The fourth-order valence-corrected chi connectivity index (χ4v) is 2.87. The molecule has 4 rings (SSSR count). The molecule has 19 heavy (non-hydrogen) atoms. The molecule has 2 aliphatic rings. The zero-order valence-electron chi connectivity index (χ0n) is 10.7. The van der Waals surface area contributed by atoms with E-state index in [1.807, 2.05) is 12.3 Å². The van der Waals surface area contributed by atoms with E-state index in [0.29, 0.717) is 0 Å². The van der Waals surface area contributed by atoms with Gasteiger partial charge in [0.15, 0.2) is 5.82 Å². The molecule has 0 aromatic carbocycles. The van der Waals surface area contributed by atoms with Crippen LogP contribution in [0.5, 0.6) is 5.88 Å². The summed E-state index contributed by atoms with van der Waals surface area (Å²) >= 11 is 0. The molecule has 4 heterocycles. The summed E-state index contributed by atoms with van der Waals surface area (Å²) in [6, 6.07) is 4.12. The van der Waals surface area contributed by atoms with Gasteiger partial charge in [-0.05, 0) is 6.07 Å². The first kappa shape index (κ1) is 11.0. The minimum Gasteiger partial charge on any atom is -0.477 e. The number of rotatable bonds is 1. The Hall–Kier alpha value is -1.88. The second-order valence-electron chi connectivity index (χ2n) is 4.95. The largest absolute Gasteiger partial charge is 0.477 e. The van der Waals surface area contributed by atoms with Crippen molar-refractivity contribution in [2.45, 2.75) is 6.42 Å². The molecule has 1 fully saturated rings. The summed E-state index contributed by atoms with van der Waals surface area (Å²) in [6.45, 7) is 4.66. The molecule has 0 amide bonds. The van der Waals surface area contributed by atoms with E-state index in [1.165, 1.54) is 10.9 Å². The van der Waals surface area contributed by atoms with Gasteiger partial charge in [-0.1, -0.05) is 6.07 Å². The lowest BCUT2D eigenvalue weighted by Crippen LogP contribution is -2.44. The summed E-state index contributed by atoms with van der Waals surface area (Å²) in [5, 5.41) is 4.56. The number of aromatic nitrogens is 2. The number of hydrogen-bond acceptors (Lipinski definition) is 5. The lowest BCUT2D eigenvalue weighted by molar-refractivity contribution is 0.345. The Morgan fingerprint density at radius 3 is 3.05 bits per heavy atom. The lowest BCUT2D eigenvalue weighted by atomic mass is 10.1. The second-order valence-corrected chi connectivity index (χ2v) is 4.95. The van der Waals surface area contributed by atoms with Crippen LogP contribution in [0.1, 0.15) is 5.56 Å². The van der Waals surface area contributed by atoms with E-state index in [2.05, 4.69) is 21.3 Å². The zero-order valence-corrected chi connectivity index (χ0v) is 10.7. The molecule has 2 aliphatic heterocycles. The smallest absolute Gasteiger partial charge is 0.219 e. The van der Waals surface area contributed by atoms with Crippen molar-refractivity contribution in [3.63, 3.8) is 0 Å². The first-order chi connectivity index (χ1) is 9.43. The third kappa shape index (κ3) is 1.73. The Kier molecular flexibility index (Phi) is 2.51. The fraction of sp³-hybridized carbons (Fsp3) is 0.429. The van der Waals surface area contributed by atoms with Crippen molar-refractivity contribution in [1.29, 1.82) is 0 Å². The number of piperazine rings is 1. The molecule has 0 aliphatic carbocycles. The number of nitrogens with one attached hydrogen (secondary N) is 1. The van der Waals surface area contributed by atoms with Gasteiger partial charge in [-0.3, -0.25) is 4.98 Å². The molecular formula is C14H16N4O. The Morgan fingerprint density at radius 1 is 1.26 bits per heavy atom. The minimum absolute atomic E-state index is 0.733. The summed E-state index contributed by atoms with van der Waals surface area (Å²) in [4.78, 5) is 11.6. The van der Waals surface area contributed by atoms with Gasteiger partial charge in [-0.15, -0.1) is 0 Å². The van der Waals surface area contributed by atoms with Crippen LogP contribution in [0.15, 0.2) is 18.3 Å². The monoisotopic (exact) mass is 256 g/mol. The molecule has 98 valence electrons. The predicted molar refractivity (Wildman–Crippen MR) is 73.8 cm³/mol. The van der Waals surface area contributed by atoms with E-state index < -0.39 is 0 Å². The zero-order chi connectivity index (χ0) is 12.7. The summed E-state index contributed by atoms with van der Waals surface area (Å²) in [6.07, 6.45) is 2.78. The maximum absolute atomic E-state index is 5.66. The maximum atomic E-state index is 5.66. The second kappa shape index (κ2) is 4.35. The third-order valence-electron chi connectivity index (χ3n) is 3.82. The van der Waals surface area contributed by atoms with Crippen LogP contribution in [0.4, 0.5) is 5.82 Å². The molecule has 0 atom stereocenters. The lowest BCUT2D eigenvalue weighted by Gasteiger charge is -2.29. The standard InChI is InChI=1S/C14H16N4O/c1-2-10-11-3-9-19-14(11)17-13(12(10)16-4-1)18-7-5-15-6-8-18/h1-2,4,15H,3,5-9H2. The Bertz CT molecular complexity index is 622. The van der Waals surface area contributed by atoms with E-state index in [4.69, 9.17) is 9.72 Å². The molecule has 5 heteroatoms. The van der Waals surface area contributed by atoms with Crippen LogP contribution in [0.2, 0.25) is 0 Å². The van der Waals surface area contributed by atoms with Crippen molar-refractivity contribution in [1.82, 2.24) is 15.3 Å². The first-order valence-corrected chi connectivity index (χ1v) is 6.79. The van der Waals surface area contributed by atoms with Crippen LogP contribution in [0.25, 0.3) is 10.9 Å². The van der Waals surface area contributed by atoms with Gasteiger partial charge in [0.1, 0.15) is 5.52 Å². The third-order valence-corrected chi connectivity index (χ3v) is 3.82. The normalized spacial score (nSPS) is 18.4. The van der Waals surface area contributed by atoms with Gasteiger partial charge >= 0.3 is 0 Å². The van der Waals surface area contributed by atoms with Crippen molar-refractivity contribution < 1.29 is 4.74 Å². The van der Waals surface area contributed by atoms with E-state index in [1.54, 1.807) is 0 Å². The molecule has 2 aromatic rings. The molecule has 0 bridgehead atoms. The van der Waals surface area contributed by atoms with Crippen LogP contribution >= 0.6 is 0 Å². The van der Waals surface area contributed by atoms with Gasteiger partial charge in [0.25, 0.3) is 0 Å². The van der Waals surface area contributed by atoms with E-state index in [-0.39, 0.29) is 0 Å². The highest BCUT2D eigenvalue weighted by molar-refractivity contribution is 5.92. The molecule has 0 unspecified atom stereocenters. The highest BCUT2D eigenvalue weighted by Crippen LogP contribution is 2.35. The number of nitrogens with zero attached hydrogens (tertiary/aromatic N) is 3. The molecule has 0 spiro atoms. The highest BCUT2D eigenvalue weighted by atomic mass is 16.5. The van der Waals surface area contributed by atoms with Crippen LogP contribution in [-0.4, -0.2) is 42.8 Å². The topological polar surface area (TPSA) is 50.3 Å². The summed E-state index contributed by atoms with van der Waals surface area (Å²) in [7, 11) is 0. The van der Waals surface area contributed by atoms with Crippen molar-refractivity contribution in [2.75, 3.05) is 37.7 Å². The van der Waals surface area contributed by atoms with Gasteiger partial charge in [0, 0.05) is 49.7 Å². The average molecular weight is 256 g/mol. The maximum Gasteiger partial charge on any atom is 0.219 e. The summed E-state index contributed by atoms with van der Waals surface area (Å²) in [5.41, 5.74) is 2.22. The van der Waals surface area contributed by atoms with Crippen LogP contribution in [0, 0.1) is 0 Å². The van der Waals surface area contributed by atoms with Gasteiger partial charge in [-0.25, -0.2) is 0 Å². The number of ether oxygens (including phenoxy) is 1. The summed E-state index contributed by atoms with van der Waals surface area (Å²) in [5.74, 6) is 1.77. The molecule has 1 N–H and O–H groups in total. The minimum atomic E-state index is 0.733. The predicted octanol–water partition coefficient (Wildman–Crippen LogP) is 0.974. The van der Waals surface area contributed by atoms with Gasteiger partial charge < -0.3 is 15.0 Å². The Labute approximate surface area is 111 Å². The molecule has 0 saturated carbocycles. The SMILES string of the molecule is c1cnc2c(N3CCNCC3)nc3c(c2c1)CCO3. The quantitative estimate of drug-likeness (QED) is 0.824.